The first kappa shape index (κ1) is 55.6. The standard InChI is InChI=1S/C36H77N13O9Si/c1-56-59(57-2,58-3)30-4-21-47(22-5-35(54)45-19-28-48(24-7-31(50)41-15-11-37)25-8-32(51)42-16-12-38)23-6-36(55)46-20-29-49(26-9-33(52)43-17-13-39)27-10-34(53)44-18-14-40/h4-30,37-40H2,1-3H3,(H,41,50)(H,42,51)(H,43,52)(H,44,53)(H,45,54)(H,46,55). The summed E-state index contributed by atoms with van der Waals surface area (Å²) in [5.41, 5.74) is 21.9. The summed E-state index contributed by atoms with van der Waals surface area (Å²) in [4.78, 5) is 80.7. The molecule has 0 bridgehead atoms. The summed E-state index contributed by atoms with van der Waals surface area (Å²) in [5.74, 6) is -0.930. The van der Waals surface area contributed by atoms with E-state index >= 15 is 0 Å². The Bertz CT molecular complexity index is 1050. The summed E-state index contributed by atoms with van der Waals surface area (Å²) >= 11 is 0. The van der Waals surface area contributed by atoms with Crippen LogP contribution in [0.25, 0.3) is 0 Å². The van der Waals surface area contributed by atoms with E-state index in [1.807, 2.05) is 14.7 Å². The topological polar surface area (TPSA) is 316 Å². The second kappa shape index (κ2) is 36.5. The van der Waals surface area contributed by atoms with Crippen molar-refractivity contribution in [3.63, 3.8) is 0 Å². The zero-order valence-corrected chi connectivity index (χ0v) is 36.9. The van der Waals surface area contributed by atoms with Crippen molar-refractivity contribution in [3.8, 4) is 0 Å². The molecule has 0 aliphatic rings. The average Bonchev–Trinajstić information content (AvgIpc) is 3.24. The van der Waals surface area contributed by atoms with E-state index < -0.39 is 8.80 Å². The third-order valence-electron chi connectivity index (χ3n) is 9.19. The zero-order valence-electron chi connectivity index (χ0n) is 35.9. The molecule has 344 valence electrons. The maximum Gasteiger partial charge on any atom is 0.500 e. The summed E-state index contributed by atoms with van der Waals surface area (Å²) in [7, 11) is 1.82. The van der Waals surface area contributed by atoms with Gasteiger partial charge in [0, 0.05) is 184 Å². The van der Waals surface area contributed by atoms with E-state index in [0.29, 0.717) is 137 Å². The highest BCUT2D eigenvalue weighted by Gasteiger charge is 2.37. The Morgan fingerprint density at radius 1 is 0.390 bits per heavy atom. The van der Waals surface area contributed by atoms with Crippen molar-refractivity contribution in [1.82, 2.24) is 46.6 Å². The van der Waals surface area contributed by atoms with Gasteiger partial charge in [-0.2, -0.15) is 0 Å². The molecular formula is C36H77N13O9Si. The molecular weight excluding hydrogens is 787 g/mol. The predicted molar refractivity (Wildman–Crippen MR) is 228 cm³/mol. The third-order valence-corrected chi connectivity index (χ3v) is 12.0. The molecule has 6 amide bonds. The predicted octanol–water partition coefficient (Wildman–Crippen LogP) is -4.97. The van der Waals surface area contributed by atoms with Crippen LogP contribution in [0.1, 0.15) is 44.9 Å². The maximum absolute atomic E-state index is 13.0. The van der Waals surface area contributed by atoms with Crippen molar-refractivity contribution < 1.29 is 42.0 Å². The van der Waals surface area contributed by atoms with Gasteiger partial charge in [-0.1, -0.05) is 0 Å². The molecule has 0 saturated carbocycles. The molecule has 0 unspecified atom stereocenters. The van der Waals surface area contributed by atoms with Crippen molar-refractivity contribution in [2.75, 3.05) is 146 Å². The SMILES string of the molecule is CO[Si](CCCN(CCC(=O)NCCN(CCC(=O)NCCN)CCC(=O)NCCN)CCC(=O)NCCN(CCC(=O)NCCN)CCC(=O)NCCN)(OC)OC. The number of carbonyl (C=O) groups excluding carboxylic acids is 6. The number of carbonyl (C=O) groups is 6. The second-order valence-corrected chi connectivity index (χ2v) is 16.8. The molecule has 0 aliphatic heterocycles. The fourth-order valence-electron chi connectivity index (χ4n) is 5.72. The van der Waals surface area contributed by atoms with Crippen LogP contribution < -0.4 is 54.8 Å². The number of nitrogens with one attached hydrogen (secondary N) is 6. The molecule has 23 heteroatoms. The molecule has 0 aliphatic carbocycles. The largest absolute Gasteiger partial charge is 0.500 e. The van der Waals surface area contributed by atoms with Crippen molar-refractivity contribution >= 4 is 44.2 Å². The molecule has 0 aromatic rings. The van der Waals surface area contributed by atoms with Crippen LogP contribution in [-0.4, -0.2) is 205 Å². The van der Waals surface area contributed by atoms with Crippen LogP contribution in [-0.2, 0) is 42.0 Å². The van der Waals surface area contributed by atoms with E-state index in [-0.39, 0.29) is 74.0 Å². The van der Waals surface area contributed by atoms with Gasteiger partial charge in [-0.05, 0) is 13.0 Å². The highest BCUT2D eigenvalue weighted by Crippen LogP contribution is 2.15. The molecule has 14 N–H and O–H groups in total. The monoisotopic (exact) mass is 864 g/mol. The molecule has 0 aromatic heterocycles. The van der Waals surface area contributed by atoms with Gasteiger partial charge in [-0.15, -0.1) is 0 Å². The smallest absolute Gasteiger partial charge is 0.377 e. The Kier molecular flexibility index (Phi) is 34.4. The lowest BCUT2D eigenvalue weighted by molar-refractivity contribution is -0.123. The van der Waals surface area contributed by atoms with Crippen molar-refractivity contribution in [3.05, 3.63) is 0 Å². The fraction of sp³-hybridized carbons (Fsp3) is 0.833. The summed E-state index contributed by atoms with van der Waals surface area (Å²) in [6.07, 6.45) is 1.90. The van der Waals surface area contributed by atoms with E-state index in [1.54, 1.807) is 21.3 Å². The van der Waals surface area contributed by atoms with E-state index in [4.69, 9.17) is 36.2 Å². The first-order chi connectivity index (χ1) is 28.4. The number of nitrogens with two attached hydrogens (primary N) is 4. The Labute approximate surface area is 352 Å². The van der Waals surface area contributed by atoms with E-state index in [1.165, 1.54) is 0 Å². The van der Waals surface area contributed by atoms with Gasteiger partial charge in [0.15, 0.2) is 0 Å². The normalized spacial score (nSPS) is 11.5. The van der Waals surface area contributed by atoms with Gasteiger partial charge in [0.1, 0.15) is 0 Å². The van der Waals surface area contributed by atoms with Crippen molar-refractivity contribution in [2.45, 2.75) is 51.0 Å². The van der Waals surface area contributed by atoms with Crippen molar-refractivity contribution in [1.29, 1.82) is 0 Å². The molecule has 0 aromatic carbocycles. The van der Waals surface area contributed by atoms with E-state index in [9.17, 15) is 28.8 Å². The molecule has 0 spiro atoms. The highest BCUT2D eigenvalue weighted by molar-refractivity contribution is 6.60. The zero-order chi connectivity index (χ0) is 44.2. The maximum atomic E-state index is 13.0. The van der Waals surface area contributed by atoms with Gasteiger partial charge in [-0.25, -0.2) is 0 Å². The van der Waals surface area contributed by atoms with Crippen molar-refractivity contribution in [2.24, 2.45) is 22.9 Å². The molecule has 0 saturated heterocycles. The molecule has 0 fully saturated rings. The van der Waals surface area contributed by atoms with Crippen LogP contribution in [0, 0.1) is 0 Å². The Hall–Kier alpha value is -3.36. The minimum Gasteiger partial charge on any atom is -0.377 e. The summed E-state index contributed by atoms with van der Waals surface area (Å²) < 4.78 is 16.7. The molecule has 0 rings (SSSR count). The summed E-state index contributed by atoms with van der Waals surface area (Å²) in [6, 6.07) is 0.542. The molecule has 0 heterocycles. The Morgan fingerprint density at radius 3 is 0.864 bits per heavy atom. The number of rotatable bonds is 39. The second-order valence-electron chi connectivity index (χ2n) is 13.7. The van der Waals surface area contributed by atoms with E-state index in [0.717, 1.165) is 0 Å². The quantitative estimate of drug-likeness (QED) is 0.0259. The van der Waals surface area contributed by atoms with Gasteiger partial charge in [-0.3, -0.25) is 28.8 Å². The van der Waals surface area contributed by atoms with Gasteiger partial charge in [0.05, 0.1) is 0 Å². The molecule has 0 atom stereocenters. The molecule has 0 radical (unpaired) electrons. The highest BCUT2D eigenvalue weighted by atomic mass is 28.4. The minimum absolute atomic E-state index is 0.144. The van der Waals surface area contributed by atoms with Gasteiger partial charge in [0.2, 0.25) is 35.4 Å². The lowest BCUT2D eigenvalue weighted by Crippen LogP contribution is -2.43. The Morgan fingerprint density at radius 2 is 0.627 bits per heavy atom. The lowest BCUT2D eigenvalue weighted by atomic mass is 10.2. The van der Waals surface area contributed by atoms with E-state index in [2.05, 4.69) is 31.9 Å². The molecule has 59 heavy (non-hydrogen) atoms. The van der Waals surface area contributed by atoms with Gasteiger partial charge < -0.3 is 82.8 Å². The van der Waals surface area contributed by atoms with Crippen LogP contribution >= 0.6 is 0 Å². The summed E-state index contributed by atoms with van der Waals surface area (Å²) in [5, 5.41) is 16.8. The fourth-order valence-corrected chi connectivity index (χ4v) is 7.43. The summed E-state index contributed by atoms with van der Waals surface area (Å²) in [6.45, 7) is 7.28. The molecule has 22 nitrogen and oxygen atoms in total. The van der Waals surface area contributed by atoms with Crippen LogP contribution in [0.4, 0.5) is 0 Å². The van der Waals surface area contributed by atoms with Gasteiger partial charge in [0.25, 0.3) is 0 Å². The first-order valence-electron chi connectivity index (χ1n) is 20.6. The van der Waals surface area contributed by atoms with Crippen LogP contribution in [0.5, 0.6) is 0 Å². The average molecular weight is 864 g/mol. The van der Waals surface area contributed by atoms with Gasteiger partial charge >= 0.3 is 8.80 Å². The lowest BCUT2D eigenvalue weighted by Gasteiger charge is -2.27. The number of nitrogens with zero attached hydrogens (tertiary/aromatic N) is 3. The van der Waals surface area contributed by atoms with Crippen LogP contribution in [0.15, 0.2) is 0 Å². The number of hydrogen-bond acceptors (Lipinski definition) is 16. The third kappa shape index (κ3) is 30.3. The number of amides is 6. The minimum atomic E-state index is -2.83. The van der Waals surface area contributed by atoms with Crippen LogP contribution in [0.3, 0.4) is 0 Å². The number of hydrogen-bond donors (Lipinski definition) is 10. The van der Waals surface area contributed by atoms with Crippen LogP contribution in [0.2, 0.25) is 6.04 Å². The Balaban J connectivity index is 5.30. The first-order valence-corrected chi connectivity index (χ1v) is 22.6.